The minimum absolute atomic E-state index is 0.0544. The summed E-state index contributed by atoms with van der Waals surface area (Å²) >= 11 is 0. The van der Waals surface area contributed by atoms with Crippen molar-refractivity contribution in [3.63, 3.8) is 0 Å². The van der Waals surface area contributed by atoms with Crippen molar-refractivity contribution in [2.45, 2.75) is 18.9 Å². The first-order valence-corrected chi connectivity index (χ1v) is 7.21. The number of primary amides is 1. The summed E-state index contributed by atoms with van der Waals surface area (Å²) in [7, 11) is 0. The molecule has 3 amide bonds. The predicted octanol–water partition coefficient (Wildman–Crippen LogP) is 0.654. The van der Waals surface area contributed by atoms with E-state index in [1.165, 1.54) is 12.1 Å². The van der Waals surface area contributed by atoms with E-state index >= 15 is 0 Å². The molecule has 0 aliphatic carbocycles. The molecule has 22 heavy (non-hydrogen) atoms. The number of hydrogen-bond donors (Lipinski definition) is 2. The van der Waals surface area contributed by atoms with Crippen LogP contribution in [0.15, 0.2) is 24.3 Å². The van der Waals surface area contributed by atoms with Gasteiger partial charge in [-0.05, 0) is 17.7 Å². The fraction of sp³-hybridized carbons (Fsp3) is 0.467. The minimum Gasteiger partial charge on any atom is -0.374 e. The van der Waals surface area contributed by atoms with Gasteiger partial charge in [0.05, 0.1) is 12.7 Å². The van der Waals surface area contributed by atoms with Gasteiger partial charge >= 0.3 is 6.03 Å². The Morgan fingerprint density at radius 3 is 3.00 bits per heavy atom. The molecule has 7 heteroatoms. The van der Waals surface area contributed by atoms with Gasteiger partial charge in [-0.2, -0.15) is 0 Å². The number of halogens is 1. The topological polar surface area (TPSA) is 84.7 Å². The molecule has 0 radical (unpaired) electrons. The number of ether oxygens (including phenoxy) is 1. The third kappa shape index (κ3) is 5.00. The number of urea groups is 1. The van der Waals surface area contributed by atoms with E-state index in [2.05, 4.69) is 5.32 Å². The standard InChI is InChI=1S/C15H20FN3O3/c16-12-3-1-2-11(8-12)9-13-10-19(6-7-22-13)14(20)4-5-18-15(17)21/h1-3,8,13H,4-7,9-10H2,(H3,17,18,21)/t13-/m1/s1. The lowest BCUT2D eigenvalue weighted by Crippen LogP contribution is -2.47. The van der Waals surface area contributed by atoms with Gasteiger partial charge in [-0.3, -0.25) is 4.79 Å². The summed E-state index contributed by atoms with van der Waals surface area (Å²) in [6.07, 6.45) is 0.611. The van der Waals surface area contributed by atoms with Gasteiger partial charge in [0.2, 0.25) is 5.91 Å². The van der Waals surface area contributed by atoms with Crippen molar-refractivity contribution in [2.75, 3.05) is 26.2 Å². The molecular weight excluding hydrogens is 289 g/mol. The van der Waals surface area contributed by atoms with Crippen molar-refractivity contribution in [3.05, 3.63) is 35.6 Å². The number of carbonyl (C=O) groups is 2. The van der Waals surface area contributed by atoms with E-state index in [-0.39, 0.29) is 30.8 Å². The Kier molecular flexibility index (Phi) is 5.71. The fourth-order valence-corrected chi connectivity index (χ4v) is 2.45. The molecular formula is C15H20FN3O3. The molecule has 1 aromatic carbocycles. The normalized spacial score (nSPS) is 18.0. The number of nitrogens with zero attached hydrogens (tertiary/aromatic N) is 1. The molecule has 1 fully saturated rings. The number of nitrogens with two attached hydrogens (primary N) is 1. The van der Waals surface area contributed by atoms with Gasteiger partial charge in [0.15, 0.2) is 0 Å². The number of morpholine rings is 1. The second kappa shape index (κ2) is 7.74. The maximum atomic E-state index is 13.2. The molecule has 1 aromatic rings. The highest BCUT2D eigenvalue weighted by atomic mass is 19.1. The van der Waals surface area contributed by atoms with E-state index in [0.29, 0.717) is 26.1 Å². The van der Waals surface area contributed by atoms with Crippen molar-refractivity contribution >= 4 is 11.9 Å². The highest BCUT2D eigenvalue weighted by molar-refractivity contribution is 5.77. The zero-order chi connectivity index (χ0) is 15.9. The summed E-state index contributed by atoms with van der Waals surface area (Å²) in [4.78, 5) is 24.3. The first-order chi connectivity index (χ1) is 10.5. The number of nitrogens with one attached hydrogen (secondary N) is 1. The number of benzene rings is 1. The third-order valence-corrected chi connectivity index (χ3v) is 3.48. The first kappa shape index (κ1) is 16.2. The van der Waals surface area contributed by atoms with E-state index in [1.54, 1.807) is 11.0 Å². The second-order valence-electron chi connectivity index (χ2n) is 5.21. The Morgan fingerprint density at radius 1 is 1.45 bits per heavy atom. The zero-order valence-corrected chi connectivity index (χ0v) is 12.3. The molecule has 0 spiro atoms. The molecule has 1 saturated heterocycles. The van der Waals surface area contributed by atoms with Crippen LogP contribution in [0.3, 0.4) is 0 Å². The van der Waals surface area contributed by atoms with Gasteiger partial charge in [0, 0.05) is 32.5 Å². The van der Waals surface area contributed by atoms with E-state index in [1.807, 2.05) is 6.07 Å². The molecule has 120 valence electrons. The Morgan fingerprint density at radius 2 is 2.27 bits per heavy atom. The van der Waals surface area contributed by atoms with Crippen molar-refractivity contribution in [3.8, 4) is 0 Å². The maximum Gasteiger partial charge on any atom is 0.312 e. The molecule has 2 rings (SSSR count). The Hall–Kier alpha value is -2.15. The van der Waals surface area contributed by atoms with E-state index < -0.39 is 6.03 Å². The van der Waals surface area contributed by atoms with Crippen molar-refractivity contribution < 1.29 is 18.7 Å². The quantitative estimate of drug-likeness (QED) is 0.837. The van der Waals surface area contributed by atoms with Crippen LogP contribution < -0.4 is 11.1 Å². The highest BCUT2D eigenvalue weighted by Crippen LogP contribution is 2.13. The van der Waals surface area contributed by atoms with Crippen LogP contribution >= 0.6 is 0 Å². The van der Waals surface area contributed by atoms with Gasteiger partial charge in [-0.1, -0.05) is 12.1 Å². The van der Waals surface area contributed by atoms with Gasteiger partial charge in [0.25, 0.3) is 0 Å². The fourth-order valence-electron chi connectivity index (χ4n) is 2.45. The van der Waals surface area contributed by atoms with Crippen molar-refractivity contribution in [1.82, 2.24) is 10.2 Å². The van der Waals surface area contributed by atoms with Gasteiger partial charge in [-0.15, -0.1) is 0 Å². The maximum absolute atomic E-state index is 13.2. The monoisotopic (exact) mass is 309 g/mol. The molecule has 0 saturated carbocycles. The van der Waals surface area contributed by atoms with Crippen LogP contribution in [0.2, 0.25) is 0 Å². The summed E-state index contributed by atoms with van der Waals surface area (Å²) < 4.78 is 18.8. The number of carbonyl (C=O) groups excluding carboxylic acids is 2. The van der Waals surface area contributed by atoms with Crippen molar-refractivity contribution in [2.24, 2.45) is 5.73 Å². The summed E-state index contributed by atoms with van der Waals surface area (Å²) in [6, 6.07) is 5.72. The molecule has 1 atom stereocenters. The SMILES string of the molecule is NC(=O)NCCC(=O)N1CCO[C@H](Cc2cccc(F)c2)C1. The Labute approximate surface area is 128 Å². The van der Waals surface area contributed by atoms with E-state index in [0.717, 1.165) is 5.56 Å². The summed E-state index contributed by atoms with van der Waals surface area (Å²) in [6.45, 7) is 1.66. The van der Waals surface area contributed by atoms with E-state index in [4.69, 9.17) is 10.5 Å². The van der Waals surface area contributed by atoms with Gasteiger partial charge in [0.1, 0.15) is 5.82 Å². The summed E-state index contributed by atoms with van der Waals surface area (Å²) in [5.41, 5.74) is 5.79. The smallest absolute Gasteiger partial charge is 0.312 e. The van der Waals surface area contributed by atoms with Crippen LogP contribution in [-0.4, -0.2) is 49.2 Å². The number of rotatable bonds is 5. The molecule has 3 N–H and O–H groups in total. The largest absolute Gasteiger partial charge is 0.374 e. The highest BCUT2D eigenvalue weighted by Gasteiger charge is 2.24. The third-order valence-electron chi connectivity index (χ3n) is 3.48. The molecule has 0 aromatic heterocycles. The molecule has 1 heterocycles. The lowest BCUT2D eigenvalue weighted by Gasteiger charge is -2.33. The van der Waals surface area contributed by atoms with Crippen LogP contribution in [0.1, 0.15) is 12.0 Å². The predicted molar refractivity (Wildman–Crippen MR) is 78.6 cm³/mol. The van der Waals surface area contributed by atoms with Crippen molar-refractivity contribution in [1.29, 1.82) is 0 Å². The average Bonchev–Trinajstić information content (AvgIpc) is 2.47. The molecule has 0 bridgehead atoms. The lowest BCUT2D eigenvalue weighted by atomic mass is 10.1. The Balaban J connectivity index is 1.83. The van der Waals surface area contributed by atoms with Crippen LogP contribution in [0, 0.1) is 5.82 Å². The number of amides is 3. The molecule has 1 aliphatic heterocycles. The van der Waals surface area contributed by atoms with Crippen LogP contribution in [-0.2, 0) is 16.0 Å². The zero-order valence-electron chi connectivity index (χ0n) is 12.3. The van der Waals surface area contributed by atoms with Gasteiger partial charge in [-0.25, -0.2) is 9.18 Å². The molecule has 0 unspecified atom stereocenters. The second-order valence-corrected chi connectivity index (χ2v) is 5.21. The molecule has 6 nitrogen and oxygen atoms in total. The van der Waals surface area contributed by atoms with E-state index in [9.17, 15) is 14.0 Å². The number of hydrogen-bond acceptors (Lipinski definition) is 3. The molecule has 1 aliphatic rings. The average molecular weight is 309 g/mol. The van der Waals surface area contributed by atoms with Crippen LogP contribution in [0.4, 0.5) is 9.18 Å². The van der Waals surface area contributed by atoms with Crippen LogP contribution in [0.25, 0.3) is 0 Å². The van der Waals surface area contributed by atoms with Gasteiger partial charge < -0.3 is 20.7 Å². The first-order valence-electron chi connectivity index (χ1n) is 7.21. The lowest BCUT2D eigenvalue weighted by molar-refractivity contribution is -0.138. The van der Waals surface area contributed by atoms with Crippen LogP contribution in [0.5, 0.6) is 0 Å². The summed E-state index contributed by atoms with van der Waals surface area (Å²) in [5, 5.41) is 2.39. The minimum atomic E-state index is -0.640. The Bertz CT molecular complexity index is 539. The summed E-state index contributed by atoms with van der Waals surface area (Å²) in [5.74, 6) is -0.333.